The number of aryl methyl sites for hydroxylation is 1. The number of amides is 1. The van der Waals surface area contributed by atoms with Crippen LogP contribution in [0.1, 0.15) is 24.5 Å². The molecule has 0 aliphatic carbocycles. The maximum Gasteiger partial charge on any atom is 0.471 e. The number of fused-ring (bicyclic) bond motifs is 1. The van der Waals surface area contributed by atoms with Crippen molar-refractivity contribution in [3.05, 3.63) is 29.3 Å². The zero-order valence-corrected chi connectivity index (χ0v) is 13.1. The Labute approximate surface area is 137 Å². The lowest BCUT2D eigenvalue weighted by atomic mass is 9.99. The first kappa shape index (κ1) is 18.1. The van der Waals surface area contributed by atoms with E-state index in [1.807, 2.05) is 11.4 Å². The van der Waals surface area contributed by atoms with Gasteiger partial charge in [-0.05, 0) is 37.0 Å². The van der Waals surface area contributed by atoms with Gasteiger partial charge in [0.1, 0.15) is 11.9 Å². The molecule has 1 aliphatic rings. The maximum absolute atomic E-state index is 12.2. The van der Waals surface area contributed by atoms with Crippen LogP contribution in [0, 0.1) is 0 Å². The second kappa shape index (κ2) is 7.55. The highest BCUT2D eigenvalue weighted by atomic mass is 19.4. The lowest BCUT2D eigenvalue weighted by molar-refractivity contribution is -0.173. The van der Waals surface area contributed by atoms with Gasteiger partial charge in [0.15, 0.2) is 0 Å². The van der Waals surface area contributed by atoms with Crippen molar-refractivity contribution in [3.63, 3.8) is 0 Å². The molecule has 0 bridgehead atoms. The third kappa shape index (κ3) is 4.87. The van der Waals surface area contributed by atoms with Gasteiger partial charge in [-0.15, -0.1) is 0 Å². The number of carbonyl (C=O) groups is 2. The van der Waals surface area contributed by atoms with E-state index in [-0.39, 0.29) is 18.9 Å². The Bertz CT molecular complexity index is 616. The number of rotatable bonds is 5. The van der Waals surface area contributed by atoms with E-state index >= 15 is 0 Å². The van der Waals surface area contributed by atoms with E-state index < -0.39 is 18.2 Å². The van der Waals surface area contributed by atoms with Crippen molar-refractivity contribution in [2.45, 2.75) is 38.5 Å². The monoisotopic (exact) mass is 345 g/mol. The van der Waals surface area contributed by atoms with Crippen LogP contribution in [0.2, 0.25) is 0 Å². The third-order valence-electron chi connectivity index (χ3n) is 3.56. The minimum absolute atomic E-state index is 0.159. The van der Waals surface area contributed by atoms with Gasteiger partial charge in [0.05, 0.1) is 19.6 Å². The maximum atomic E-state index is 12.2. The van der Waals surface area contributed by atoms with E-state index in [0.717, 1.165) is 11.1 Å². The Morgan fingerprint density at radius 3 is 2.79 bits per heavy atom. The number of ether oxygens (including phenoxy) is 2. The summed E-state index contributed by atoms with van der Waals surface area (Å²) in [6.45, 7) is 1.84. The minimum atomic E-state index is -4.89. The van der Waals surface area contributed by atoms with Crippen molar-refractivity contribution >= 4 is 11.9 Å². The molecule has 0 radical (unpaired) electrons. The van der Waals surface area contributed by atoms with Gasteiger partial charge in [-0.3, -0.25) is 9.59 Å². The molecule has 24 heavy (non-hydrogen) atoms. The Kier molecular flexibility index (Phi) is 5.69. The summed E-state index contributed by atoms with van der Waals surface area (Å²) in [5.41, 5.74) is 1.68. The van der Waals surface area contributed by atoms with Crippen LogP contribution < -0.4 is 10.1 Å². The fourth-order valence-electron chi connectivity index (χ4n) is 2.44. The Morgan fingerprint density at radius 2 is 2.12 bits per heavy atom. The molecule has 5 nitrogen and oxygen atoms in total. The van der Waals surface area contributed by atoms with E-state index in [4.69, 9.17) is 9.47 Å². The zero-order valence-electron chi connectivity index (χ0n) is 13.1. The largest absolute Gasteiger partial charge is 0.488 e. The summed E-state index contributed by atoms with van der Waals surface area (Å²) in [4.78, 5) is 22.3. The number of benzene rings is 1. The lowest BCUT2D eigenvalue weighted by Gasteiger charge is -2.26. The van der Waals surface area contributed by atoms with E-state index in [2.05, 4.69) is 0 Å². The highest BCUT2D eigenvalue weighted by molar-refractivity contribution is 5.81. The molecule has 0 saturated heterocycles. The average molecular weight is 345 g/mol. The minimum Gasteiger partial charge on any atom is -0.488 e. The van der Waals surface area contributed by atoms with Crippen LogP contribution in [0.25, 0.3) is 0 Å². The average Bonchev–Trinajstić information content (AvgIpc) is 2.51. The van der Waals surface area contributed by atoms with E-state index in [1.54, 1.807) is 19.1 Å². The lowest BCUT2D eigenvalue weighted by Crippen LogP contribution is -2.43. The predicted octanol–water partition coefficient (Wildman–Crippen LogP) is 2.16. The number of carbonyl (C=O) groups excluding carboxylic acids is 2. The second-order valence-electron chi connectivity index (χ2n) is 5.41. The molecule has 0 aromatic heterocycles. The summed E-state index contributed by atoms with van der Waals surface area (Å²) >= 11 is 0. The molecule has 1 unspecified atom stereocenters. The number of alkyl halides is 3. The smallest absolute Gasteiger partial charge is 0.471 e. The molecule has 8 heteroatoms. The second-order valence-corrected chi connectivity index (χ2v) is 5.41. The summed E-state index contributed by atoms with van der Waals surface area (Å²) < 4.78 is 47.0. The number of esters is 1. The van der Waals surface area contributed by atoms with Crippen molar-refractivity contribution in [2.75, 3.05) is 13.2 Å². The van der Waals surface area contributed by atoms with Crippen LogP contribution in [0.15, 0.2) is 18.2 Å². The third-order valence-corrected chi connectivity index (χ3v) is 3.56. The molecule has 1 aromatic carbocycles. The summed E-state index contributed by atoms with van der Waals surface area (Å²) in [7, 11) is 0. The molecular formula is C16H18F3NO4. The first-order chi connectivity index (χ1) is 11.3. The molecule has 1 aliphatic heterocycles. The van der Waals surface area contributed by atoms with Crippen molar-refractivity contribution in [1.29, 1.82) is 0 Å². The highest BCUT2D eigenvalue weighted by Crippen LogP contribution is 2.28. The molecule has 0 saturated carbocycles. The summed E-state index contributed by atoms with van der Waals surface area (Å²) in [5, 5.41) is 1.82. The molecule has 1 atom stereocenters. The molecule has 2 rings (SSSR count). The van der Waals surface area contributed by atoms with Crippen LogP contribution in [-0.2, 0) is 27.2 Å². The van der Waals surface area contributed by atoms with E-state index in [9.17, 15) is 22.8 Å². The molecule has 1 amide bonds. The molecular weight excluding hydrogens is 327 g/mol. The topological polar surface area (TPSA) is 64.6 Å². The molecule has 1 heterocycles. The van der Waals surface area contributed by atoms with Gasteiger partial charge in [-0.2, -0.15) is 13.2 Å². The number of halogens is 3. The normalized spacial score (nSPS) is 16.8. The summed E-state index contributed by atoms with van der Waals surface area (Å²) in [6, 6.07) is 5.23. The molecule has 1 aromatic rings. The van der Waals surface area contributed by atoms with Crippen LogP contribution in [0.5, 0.6) is 5.75 Å². The molecule has 1 N–H and O–H groups in total. The fourth-order valence-corrected chi connectivity index (χ4v) is 2.44. The van der Waals surface area contributed by atoms with Crippen molar-refractivity contribution in [1.82, 2.24) is 5.32 Å². The van der Waals surface area contributed by atoms with Gasteiger partial charge in [-0.1, -0.05) is 12.1 Å². The quantitative estimate of drug-likeness (QED) is 0.831. The van der Waals surface area contributed by atoms with Crippen LogP contribution in [0.3, 0.4) is 0 Å². The Morgan fingerprint density at radius 1 is 1.38 bits per heavy atom. The van der Waals surface area contributed by atoms with E-state index in [0.29, 0.717) is 25.2 Å². The standard InChI is InChI=1S/C16H18F3NO4/c1-2-23-14(21)8-10-3-6-13-11(7-10)4-5-12(24-13)9-20-15(22)16(17,18)19/h3,6-7,12H,2,4-5,8-9H2,1H3,(H,20,22). The van der Waals surface area contributed by atoms with Gasteiger partial charge in [0.25, 0.3) is 0 Å². The van der Waals surface area contributed by atoms with Gasteiger partial charge in [-0.25, -0.2) is 0 Å². The van der Waals surface area contributed by atoms with Crippen LogP contribution in [-0.4, -0.2) is 37.3 Å². The van der Waals surface area contributed by atoms with Crippen molar-refractivity contribution in [2.24, 2.45) is 0 Å². The zero-order chi connectivity index (χ0) is 17.7. The van der Waals surface area contributed by atoms with Gasteiger partial charge < -0.3 is 14.8 Å². The number of nitrogens with one attached hydrogen (secondary N) is 1. The van der Waals surface area contributed by atoms with Gasteiger partial charge >= 0.3 is 18.1 Å². The number of hydrogen-bond donors (Lipinski definition) is 1. The van der Waals surface area contributed by atoms with Crippen molar-refractivity contribution < 1.29 is 32.2 Å². The molecule has 132 valence electrons. The van der Waals surface area contributed by atoms with Crippen LogP contribution in [0.4, 0.5) is 13.2 Å². The molecule has 0 spiro atoms. The van der Waals surface area contributed by atoms with E-state index in [1.165, 1.54) is 0 Å². The molecule has 0 fully saturated rings. The Hall–Kier alpha value is -2.25. The fraction of sp³-hybridized carbons (Fsp3) is 0.500. The summed E-state index contributed by atoms with van der Waals surface area (Å²) in [6.07, 6.45) is -4.17. The SMILES string of the molecule is CCOC(=O)Cc1ccc2c(c1)CCC(CNC(=O)C(F)(F)F)O2. The van der Waals surface area contributed by atoms with Crippen molar-refractivity contribution in [3.8, 4) is 5.75 Å². The Balaban J connectivity index is 1.92. The first-order valence-electron chi connectivity index (χ1n) is 7.58. The predicted molar refractivity (Wildman–Crippen MR) is 78.6 cm³/mol. The first-order valence-corrected chi connectivity index (χ1v) is 7.58. The van der Waals surface area contributed by atoms with Gasteiger partial charge in [0.2, 0.25) is 0 Å². The van der Waals surface area contributed by atoms with Crippen LogP contribution >= 0.6 is 0 Å². The summed E-state index contributed by atoms with van der Waals surface area (Å²) in [5.74, 6) is -1.73. The number of hydrogen-bond acceptors (Lipinski definition) is 4. The highest BCUT2D eigenvalue weighted by Gasteiger charge is 2.38. The van der Waals surface area contributed by atoms with Gasteiger partial charge in [0, 0.05) is 0 Å².